The molecular weight excluding hydrogens is 373 g/mol. The van der Waals surface area contributed by atoms with E-state index < -0.39 is 0 Å². The molecule has 4 aromatic rings. The summed E-state index contributed by atoms with van der Waals surface area (Å²) in [6.45, 7) is 1.66. The predicted molar refractivity (Wildman–Crippen MR) is 104 cm³/mol. The third-order valence-electron chi connectivity index (χ3n) is 4.80. The van der Waals surface area contributed by atoms with Crippen molar-refractivity contribution in [2.45, 2.75) is 12.6 Å². The minimum atomic E-state index is -0.268. The Balaban J connectivity index is 1.31. The lowest BCUT2D eigenvalue weighted by Gasteiger charge is -2.26. The van der Waals surface area contributed by atoms with Gasteiger partial charge >= 0.3 is 0 Å². The van der Waals surface area contributed by atoms with E-state index in [1.807, 2.05) is 36.5 Å². The number of tetrazole rings is 1. The molecule has 8 heteroatoms. The van der Waals surface area contributed by atoms with Crippen molar-refractivity contribution in [3.63, 3.8) is 0 Å². The molecule has 0 saturated carbocycles. The molecule has 0 bridgehead atoms. The van der Waals surface area contributed by atoms with E-state index in [0.29, 0.717) is 25.3 Å². The molecule has 0 amide bonds. The smallest absolute Gasteiger partial charge is 0.183 e. The van der Waals surface area contributed by atoms with Gasteiger partial charge in [-0.3, -0.25) is 0 Å². The van der Waals surface area contributed by atoms with Gasteiger partial charge < -0.3 is 14.8 Å². The summed E-state index contributed by atoms with van der Waals surface area (Å²) in [5.41, 5.74) is 3.42. The van der Waals surface area contributed by atoms with Crippen LogP contribution in [0.1, 0.15) is 5.56 Å². The fraction of sp³-hybridized carbons (Fsp3) is 0.190. The molecule has 0 spiro atoms. The second-order valence-electron chi connectivity index (χ2n) is 6.84. The van der Waals surface area contributed by atoms with Crippen molar-refractivity contribution in [1.29, 1.82) is 0 Å². The van der Waals surface area contributed by atoms with Crippen LogP contribution in [-0.4, -0.2) is 39.3 Å². The second kappa shape index (κ2) is 7.48. The molecule has 1 aliphatic rings. The van der Waals surface area contributed by atoms with Gasteiger partial charge in [0.1, 0.15) is 18.5 Å². The molecule has 1 atom stereocenters. The number of aromatic nitrogens is 4. The average Bonchev–Trinajstić information content (AvgIpc) is 3.23. The molecule has 2 aromatic carbocycles. The van der Waals surface area contributed by atoms with E-state index in [4.69, 9.17) is 9.47 Å². The third kappa shape index (κ3) is 3.62. The van der Waals surface area contributed by atoms with Crippen LogP contribution in [0.25, 0.3) is 16.8 Å². The third-order valence-corrected chi connectivity index (χ3v) is 4.80. The second-order valence-corrected chi connectivity index (χ2v) is 6.84. The van der Waals surface area contributed by atoms with E-state index in [1.165, 1.54) is 12.1 Å². The van der Waals surface area contributed by atoms with Crippen LogP contribution in [0.2, 0.25) is 0 Å². The molecule has 29 heavy (non-hydrogen) atoms. The Hall–Kier alpha value is -3.52. The van der Waals surface area contributed by atoms with Gasteiger partial charge in [-0.15, -0.1) is 5.10 Å². The van der Waals surface area contributed by atoms with E-state index in [9.17, 15) is 4.39 Å². The van der Waals surface area contributed by atoms with E-state index >= 15 is 0 Å². The Kier molecular flexibility index (Phi) is 4.53. The number of hydrogen-bond donors (Lipinski definition) is 1. The molecule has 5 rings (SSSR count). The van der Waals surface area contributed by atoms with Crippen LogP contribution in [0.4, 0.5) is 4.39 Å². The van der Waals surface area contributed by atoms with Gasteiger partial charge in [-0.1, -0.05) is 24.3 Å². The lowest BCUT2D eigenvalue weighted by atomic mass is 10.1. The first kappa shape index (κ1) is 17.6. The van der Waals surface area contributed by atoms with Gasteiger partial charge in [-0.2, -0.15) is 4.52 Å². The SMILES string of the molecule is Fc1ccc(-c2cc(CNCC3COc4ccccc4O3)c3nnnn3c2)cc1. The number of benzene rings is 2. The molecule has 7 nitrogen and oxygen atoms in total. The minimum Gasteiger partial charge on any atom is -0.486 e. The Bertz CT molecular complexity index is 1150. The van der Waals surface area contributed by atoms with Crippen molar-refractivity contribution in [3.05, 3.63) is 72.2 Å². The van der Waals surface area contributed by atoms with Crippen LogP contribution >= 0.6 is 0 Å². The van der Waals surface area contributed by atoms with E-state index in [2.05, 4.69) is 20.8 Å². The van der Waals surface area contributed by atoms with Gasteiger partial charge in [0.2, 0.25) is 0 Å². The zero-order valence-electron chi connectivity index (χ0n) is 15.5. The molecule has 3 heterocycles. The van der Waals surface area contributed by atoms with Crippen molar-refractivity contribution in [3.8, 4) is 22.6 Å². The Morgan fingerprint density at radius 3 is 2.76 bits per heavy atom. The normalized spacial score (nSPS) is 15.6. The first-order valence-corrected chi connectivity index (χ1v) is 9.32. The summed E-state index contributed by atoms with van der Waals surface area (Å²) in [5, 5.41) is 15.3. The van der Waals surface area contributed by atoms with Crippen LogP contribution in [-0.2, 0) is 6.54 Å². The first-order chi connectivity index (χ1) is 14.3. The summed E-state index contributed by atoms with van der Waals surface area (Å²) in [5.74, 6) is 1.26. The summed E-state index contributed by atoms with van der Waals surface area (Å²) < 4.78 is 26.6. The number of nitrogens with one attached hydrogen (secondary N) is 1. The van der Waals surface area contributed by atoms with Gasteiger partial charge in [0, 0.05) is 30.4 Å². The number of hydrogen-bond acceptors (Lipinski definition) is 6. The van der Waals surface area contributed by atoms with Crippen molar-refractivity contribution < 1.29 is 13.9 Å². The maximum absolute atomic E-state index is 13.3. The maximum Gasteiger partial charge on any atom is 0.183 e. The van der Waals surface area contributed by atoms with Crippen LogP contribution in [0.3, 0.4) is 0 Å². The molecule has 1 aliphatic heterocycles. The largest absolute Gasteiger partial charge is 0.486 e. The summed E-state index contributed by atoms with van der Waals surface area (Å²) in [4.78, 5) is 0. The highest BCUT2D eigenvalue weighted by atomic mass is 19.1. The van der Waals surface area contributed by atoms with Gasteiger partial charge in [-0.05, 0) is 46.3 Å². The lowest BCUT2D eigenvalue weighted by Crippen LogP contribution is -2.38. The topological polar surface area (TPSA) is 73.6 Å². The summed E-state index contributed by atoms with van der Waals surface area (Å²) in [6.07, 6.45) is 1.75. The molecule has 0 radical (unpaired) electrons. The lowest BCUT2D eigenvalue weighted by molar-refractivity contribution is 0.0902. The number of rotatable bonds is 5. The number of pyridine rings is 1. The molecule has 146 valence electrons. The monoisotopic (exact) mass is 391 g/mol. The van der Waals surface area contributed by atoms with E-state index in [-0.39, 0.29) is 11.9 Å². The minimum absolute atomic E-state index is 0.0859. The summed E-state index contributed by atoms with van der Waals surface area (Å²) in [6, 6.07) is 16.0. The van der Waals surface area contributed by atoms with Crippen LogP contribution in [0, 0.1) is 5.82 Å². The summed E-state index contributed by atoms with van der Waals surface area (Å²) in [7, 11) is 0. The van der Waals surface area contributed by atoms with E-state index in [1.54, 1.807) is 16.6 Å². The molecule has 2 aromatic heterocycles. The van der Waals surface area contributed by atoms with Gasteiger partial charge in [-0.25, -0.2) is 4.39 Å². The standard InChI is InChI=1S/C21H18FN5O2/c22-17-7-5-14(6-8-17)16-9-15(21-24-25-26-27(21)12-16)10-23-11-18-13-28-19-3-1-2-4-20(19)29-18/h1-9,12,18,23H,10-11,13H2. The van der Waals surface area contributed by atoms with E-state index in [0.717, 1.165) is 28.2 Å². The van der Waals surface area contributed by atoms with Crippen molar-refractivity contribution >= 4 is 5.65 Å². The molecule has 0 saturated heterocycles. The maximum atomic E-state index is 13.3. The van der Waals surface area contributed by atoms with Crippen LogP contribution in [0.15, 0.2) is 60.8 Å². The Morgan fingerprint density at radius 1 is 1.07 bits per heavy atom. The Labute approximate surface area is 166 Å². The molecule has 0 aliphatic carbocycles. The quantitative estimate of drug-likeness (QED) is 0.564. The fourth-order valence-electron chi connectivity index (χ4n) is 3.38. The van der Waals surface area contributed by atoms with Gasteiger partial charge in [0.25, 0.3) is 0 Å². The number of ether oxygens (including phenoxy) is 2. The number of fused-ring (bicyclic) bond motifs is 2. The first-order valence-electron chi connectivity index (χ1n) is 9.32. The van der Waals surface area contributed by atoms with Crippen LogP contribution < -0.4 is 14.8 Å². The van der Waals surface area contributed by atoms with Crippen molar-refractivity contribution in [1.82, 2.24) is 25.4 Å². The number of para-hydroxylation sites is 2. The zero-order chi connectivity index (χ0) is 19.6. The number of nitrogens with zero attached hydrogens (tertiary/aromatic N) is 4. The molecule has 1 N–H and O–H groups in total. The van der Waals surface area contributed by atoms with Crippen molar-refractivity contribution in [2.24, 2.45) is 0 Å². The van der Waals surface area contributed by atoms with Gasteiger partial charge in [0.05, 0.1) is 0 Å². The highest BCUT2D eigenvalue weighted by Gasteiger charge is 2.20. The predicted octanol–water partition coefficient (Wildman–Crippen LogP) is 2.86. The van der Waals surface area contributed by atoms with Crippen molar-refractivity contribution in [2.75, 3.05) is 13.2 Å². The van der Waals surface area contributed by atoms with Crippen LogP contribution in [0.5, 0.6) is 11.5 Å². The Morgan fingerprint density at radius 2 is 1.90 bits per heavy atom. The number of halogens is 1. The fourth-order valence-corrected chi connectivity index (χ4v) is 3.38. The highest BCUT2D eigenvalue weighted by Crippen LogP contribution is 2.30. The average molecular weight is 391 g/mol. The zero-order valence-corrected chi connectivity index (χ0v) is 15.5. The molecular formula is C21H18FN5O2. The highest BCUT2D eigenvalue weighted by molar-refractivity contribution is 5.66. The summed E-state index contributed by atoms with van der Waals surface area (Å²) >= 11 is 0. The molecule has 1 unspecified atom stereocenters. The molecule has 0 fully saturated rings. The van der Waals surface area contributed by atoms with Gasteiger partial charge in [0.15, 0.2) is 17.1 Å².